The number of amides is 1. The summed E-state index contributed by atoms with van der Waals surface area (Å²) in [6, 6.07) is 1.33. The zero-order chi connectivity index (χ0) is 13.7. The second kappa shape index (κ2) is 6.10. The summed E-state index contributed by atoms with van der Waals surface area (Å²) >= 11 is 0. The molecule has 1 rings (SSSR count). The van der Waals surface area contributed by atoms with E-state index in [0.29, 0.717) is 25.1 Å². The van der Waals surface area contributed by atoms with Crippen LogP contribution >= 0.6 is 0 Å². The first-order valence-electron chi connectivity index (χ1n) is 5.38. The Morgan fingerprint density at radius 2 is 1.89 bits per heavy atom. The van der Waals surface area contributed by atoms with Gasteiger partial charge in [0.25, 0.3) is 5.91 Å². The quantitative estimate of drug-likeness (QED) is 0.598. The summed E-state index contributed by atoms with van der Waals surface area (Å²) in [6.45, 7) is 2.24. The Bertz CT molecular complexity index is 470. The molecule has 2 nitrogen and oxygen atoms in total. The molecule has 0 radical (unpaired) electrons. The molecule has 18 heavy (non-hydrogen) atoms. The highest BCUT2D eigenvalue weighted by Crippen LogP contribution is 2.15. The van der Waals surface area contributed by atoms with E-state index in [2.05, 4.69) is 5.92 Å². The normalized spacial score (nSPS) is 9.94. The molecule has 0 spiro atoms. The van der Waals surface area contributed by atoms with Gasteiger partial charge in [0.05, 0.1) is 6.54 Å². The van der Waals surface area contributed by atoms with E-state index in [4.69, 9.17) is 6.42 Å². The van der Waals surface area contributed by atoms with Crippen molar-refractivity contribution < 1.29 is 18.0 Å². The Balaban J connectivity index is 3.05. The van der Waals surface area contributed by atoms with Crippen molar-refractivity contribution in [2.75, 3.05) is 13.1 Å². The van der Waals surface area contributed by atoms with Crippen LogP contribution in [0.5, 0.6) is 0 Å². The van der Waals surface area contributed by atoms with Crippen LogP contribution in [0.15, 0.2) is 12.1 Å². The maximum absolute atomic E-state index is 13.0. The van der Waals surface area contributed by atoms with Gasteiger partial charge in [0, 0.05) is 12.1 Å². The standard InChI is InChI=1S/C13H12F3NO/c1-3-5-17(6-4-2)13(18)9-7-10(14)12(16)11(15)8-9/h1,7-8H,4-6H2,2H3. The minimum Gasteiger partial charge on any atom is -0.328 e. The van der Waals surface area contributed by atoms with E-state index in [1.165, 1.54) is 4.90 Å². The lowest BCUT2D eigenvalue weighted by molar-refractivity contribution is 0.0775. The minimum absolute atomic E-state index is 0.0350. The summed E-state index contributed by atoms with van der Waals surface area (Å²) < 4.78 is 38.8. The fourth-order valence-corrected chi connectivity index (χ4v) is 1.49. The second-order valence-corrected chi connectivity index (χ2v) is 3.68. The summed E-state index contributed by atoms with van der Waals surface area (Å²) in [5, 5.41) is 0. The average Bonchev–Trinajstić information content (AvgIpc) is 2.34. The maximum Gasteiger partial charge on any atom is 0.254 e. The van der Waals surface area contributed by atoms with Crippen LogP contribution in [-0.2, 0) is 0 Å². The third-order valence-electron chi connectivity index (χ3n) is 2.29. The fraction of sp³-hybridized carbons (Fsp3) is 0.308. The third-order valence-corrected chi connectivity index (χ3v) is 2.29. The number of carbonyl (C=O) groups excluding carboxylic acids is 1. The number of hydrogen-bond acceptors (Lipinski definition) is 1. The molecular formula is C13H12F3NO. The van der Waals surface area contributed by atoms with Crippen LogP contribution in [0.3, 0.4) is 0 Å². The number of terminal acetylenes is 1. The number of halogens is 3. The maximum atomic E-state index is 13.0. The molecule has 0 N–H and O–H groups in total. The van der Waals surface area contributed by atoms with Gasteiger partial charge in [0.1, 0.15) is 0 Å². The highest BCUT2D eigenvalue weighted by molar-refractivity contribution is 5.94. The Labute approximate surface area is 103 Å². The molecule has 0 heterocycles. The molecule has 0 aliphatic heterocycles. The van der Waals surface area contributed by atoms with Gasteiger partial charge in [-0.05, 0) is 18.6 Å². The van der Waals surface area contributed by atoms with Gasteiger partial charge in [0.15, 0.2) is 17.5 Å². The highest BCUT2D eigenvalue weighted by Gasteiger charge is 2.19. The Kier molecular flexibility index (Phi) is 4.78. The molecule has 0 aliphatic carbocycles. The van der Waals surface area contributed by atoms with Crippen LogP contribution in [0.2, 0.25) is 0 Å². The van der Waals surface area contributed by atoms with Crippen molar-refractivity contribution in [3.8, 4) is 12.3 Å². The number of nitrogens with zero attached hydrogens (tertiary/aromatic N) is 1. The Morgan fingerprint density at radius 1 is 1.33 bits per heavy atom. The average molecular weight is 255 g/mol. The van der Waals surface area contributed by atoms with E-state index in [1.54, 1.807) is 0 Å². The van der Waals surface area contributed by atoms with E-state index in [0.717, 1.165) is 0 Å². The van der Waals surface area contributed by atoms with Crippen molar-refractivity contribution in [1.82, 2.24) is 4.90 Å². The van der Waals surface area contributed by atoms with Gasteiger partial charge in [-0.25, -0.2) is 13.2 Å². The van der Waals surface area contributed by atoms with Gasteiger partial charge in [-0.1, -0.05) is 12.8 Å². The van der Waals surface area contributed by atoms with E-state index in [-0.39, 0.29) is 12.1 Å². The Hall–Kier alpha value is -1.96. The summed E-state index contributed by atoms with van der Waals surface area (Å²) in [7, 11) is 0. The first kappa shape index (κ1) is 14.1. The van der Waals surface area contributed by atoms with E-state index < -0.39 is 23.4 Å². The van der Waals surface area contributed by atoms with Crippen molar-refractivity contribution in [1.29, 1.82) is 0 Å². The second-order valence-electron chi connectivity index (χ2n) is 3.68. The molecule has 0 saturated carbocycles. The van der Waals surface area contributed by atoms with E-state index >= 15 is 0 Å². The molecule has 0 fully saturated rings. The molecule has 5 heteroatoms. The van der Waals surface area contributed by atoms with Gasteiger partial charge in [-0.3, -0.25) is 4.79 Å². The van der Waals surface area contributed by atoms with Crippen LogP contribution in [0.1, 0.15) is 23.7 Å². The highest BCUT2D eigenvalue weighted by atomic mass is 19.2. The smallest absolute Gasteiger partial charge is 0.254 e. The lowest BCUT2D eigenvalue weighted by Crippen LogP contribution is -2.32. The SMILES string of the molecule is C#CCN(CCC)C(=O)c1cc(F)c(F)c(F)c1. The van der Waals surface area contributed by atoms with Gasteiger partial charge in [-0.15, -0.1) is 6.42 Å². The van der Waals surface area contributed by atoms with Crippen molar-refractivity contribution in [2.24, 2.45) is 0 Å². The molecule has 0 aromatic heterocycles. The minimum atomic E-state index is -1.59. The van der Waals surface area contributed by atoms with Crippen LogP contribution in [0.4, 0.5) is 13.2 Å². The molecule has 0 atom stereocenters. The van der Waals surface area contributed by atoms with Gasteiger partial charge in [0.2, 0.25) is 0 Å². The molecule has 1 aromatic rings. The van der Waals surface area contributed by atoms with Gasteiger partial charge < -0.3 is 4.90 Å². The summed E-state index contributed by atoms with van der Waals surface area (Å²) in [6.07, 6.45) is 5.76. The largest absolute Gasteiger partial charge is 0.328 e. The summed E-state index contributed by atoms with van der Waals surface area (Å²) in [4.78, 5) is 13.2. The molecule has 1 amide bonds. The topological polar surface area (TPSA) is 20.3 Å². The molecule has 0 bridgehead atoms. The number of carbonyl (C=O) groups is 1. The molecule has 96 valence electrons. The van der Waals surface area contributed by atoms with E-state index in [9.17, 15) is 18.0 Å². The summed E-state index contributed by atoms with van der Waals surface area (Å²) in [5.41, 5.74) is -0.255. The number of benzene rings is 1. The van der Waals surface area contributed by atoms with Gasteiger partial charge in [-0.2, -0.15) is 0 Å². The molecule has 1 aromatic carbocycles. The predicted molar refractivity (Wildman–Crippen MR) is 61.3 cm³/mol. The summed E-state index contributed by atoms with van der Waals surface area (Å²) in [5.74, 6) is -2.71. The van der Waals surface area contributed by atoms with Crippen LogP contribution in [0, 0.1) is 29.8 Å². The van der Waals surface area contributed by atoms with Crippen molar-refractivity contribution in [3.05, 3.63) is 35.1 Å². The van der Waals surface area contributed by atoms with Crippen LogP contribution < -0.4 is 0 Å². The molecule has 0 saturated heterocycles. The fourth-order valence-electron chi connectivity index (χ4n) is 1.49. The molecular weight excluding hydrogens is 243 g/mol. The Morgan fingerprint density at radius 3 is 2.33 bits per heavy atom. The van der Waals surface area contributed by atoms with Crippen molar-refractivity contribution in [2.45, 2.75) is 13.3 Å². The van der Waals surface area contributed by atoms with Crippen LogP contribution in [-0.4, -0.2) is 23.9 Å². The molecule has 0 unspecified atom stereocenters. The van der Waals surface area contributed by atoms with Crippen molar-refractivity contribution >= 4 is 5.91 Å². The first-order chi connectivity index (χ1) is 8.51. The monoisotopic (exact) mass is 255 g/mol. The predicted octanol–water partition coefficient (Wildman–Crippen LogP) is 2.59. The number of rotatable bonds is 4. The lowest BCUT2D eigenvalue weighted by Gasteiger charge is -2.19. The number of hydrogen-bond donors (Lipinski definition) is 0. The zero-order valence-corrected chi connectivity index (χ0v) is 9.84. The van der Waals surface area contributed by atoms with Gasteiger partial charge >= 0.3 is 0 Å². The third kappa shape index (κ3) is 3.04. The van der Waals surface area contributed by atoms with Crippen molar-refractivity contribution in [3.63, 3.8) is 0 Å². The van der Waals surface area contributed by atoms with E-state index in [1.807, 2.05) is 6.92 Å². The lowest BCUT2D eigenvalue weighted by atomic mass is 10.1. The van der Waals surface area contributed by atoms with Crippen LogP contribution in [0.25, 0.3) is 0 Å². The zero-order valence-electron chi connectivity index (χ0n) is 9.84. The first-order valence-corrected chi connectivity index (χ1v) is 5.38. The molecule has 0 aliphatic rings.